The van der Waals surface area contributed by atoms with Gasteiger partial charge < -0.3 is 5.11 Å². The van der Waals surface area contributed by atoms with Gasteiger partial charge >= 0.3 is 5.97 Å². The highest BCUT2D eigenvalue weighted by Gasteiger charge is 2.35. The Bertz CT molecular complexity index is 450. The van der Waals surface area contributed by atoms with Gasteiger partial charge in [-0.3, -0.25) is 4.79 Å². The van der Waals surface area contributed by atoms with Crippen LogP contribution in [0.4, 0.5) is 0 Å². The van der Waals surface area contributed by atoms with Crippen molar-refractivity contribution in [2.45, 2.75) is 46.0 Å². The molecule has 0 aromatic heterocycles. The summed E-state index contributed by atoms with van der Waals surface area (Å²) < 4.78 is 0. The third-order valence-corrected chi connectivity index (χ3v) is 4.48. The molecule has 1 aliphatic carbocycles. The van der Waals surface area contributed by atoms with Crippen LogP contribution in [-0.4, -0.2) is 11.1 Å². The molecular weight excluding hydrogens is 224 g/mol. The molecule has 1 aromatic rings. The smallest absolute Gasteiger partial charge is 0.307 e. The Hall–Kier alpha value is -1.31. The second-order valence-corrected chi connectivity index (χ2v) is 5.76. The Balaban J connectivity index is 2.38. The van der Waals surface area contributed by atoms with Crippen molar-refractivity contribution >= 4 is 5.97 Å². The summed E-state index contributed by atoms with van der Waals surface area (Å²) in [4.78, 5) is 11.4. The van der Waals surface area contributed by atoms with Crippen molar-refractivity contribution in [2.75, 3.05) is 0 Å². The van der Waals surface area contributed by atoms with Crippen molar-refractivity contribution in [1.29, 1.82) is 0 Å². The van der Waals surface area contributed by atoms with Gasteiger partial charge in [0, 0.05) is 0 Å². The minimum Gasteiger partial charge on any atom is -0.481 e. The van der Waals surface area contributed by atoms with Gasteiger partial charge in [-0.1, -0.05) is 25.1 Å². The number of rotatable bonds is 2. The fourth-order valence-corrected chi connectivity index (χ4v) is 3.20. The first-order valence-corrected chi connectivity index (χ1v) is 6.79. The van der Waals surface area contributed by atoms with E-state index in [0.717, 1.165) is 19.3 Å². The second kappa shape index (κ2) is 5.13. The highest BCUT2D eigenvalue weighted by Crippen LogP contribution is 2.42. The summed E-state index contributed by atoms with van der Waals surface area (Å²) in [5.74, 6) is -0.0221. The molecule has 0 bridgehead atoms. The first-order chi connectivity index (χ1) is 8.50. The monoisotopic (exact) mass is 246 g/mol. The fourth-order valence-electron chi connectivity index (χ4n) is 3.20. The predicted octanol–water partition coefficient (Wildman–Crippen LogP) is 3.91. The molecule has 98 valence electrons. The summed E-state index contributed by atoms with van der Waals surface area (Å²) in [6.45, 7) is 6.44. The molecule has 3 atom stereocenters. The van der Waals surface area contributed by atoms with Crippen LogP contribution in [0.15, 0.2) is 18.2 Å². The summed E-state index contributed by atoms with van der Waals surface area (Å²) in [7, 11) is 0. The van der Waals surface area contributed by atoms with Crippen molar-refractivity contribution in [2.24, 2.45) is 11.8 Å². The molecule has 1 fully saturated rings. The first kappa shape index (κ1) is 13.1. The second-order valence-electron chi connectivity index (χ2n) is 5.76. The van der Waals surface area contributed by atoms with E-state index in [9.17, 15) is 9.90 Å². The first-order valence-electron chi connectivity index (χ1n) is 6.79. The molecule has 2 rings (SSSR count). The van der Waals surface area contributed by atoms with E-state index in [1.165, 1.54) is 16.7 Å². The summed E-state index contributed by atoms with van der Waals surface area (Å²) in [6, 6.07) is 6.26. The predicted molar refractivity (Wildman–Crippen MR) is 72.8 cm³/mol. The molecule has 2 nitrogen and oxygen atoms in total. The largest absolute Gasteiger partial charge is 0.481 e. The molecule has 0 aliphatic heterocycles. The summed E-state index contributed by atoms with van der Waals surface area (Å²) in [6.07, 6.45) is 2.86. The van der Waals surface area contributed by atoms with E-state index in [-0.39, 0.29) is 11.8 Å². The van der Waals surface area contributed by atoms with Gasteiger partial charge in [0.15, 0.2) is 0 Å². The average Bonchev–Trinajstić information content (AvgIpc) is 2.32. The lowest BCUT2D eigenvalue weighted by Gasteiger charge is -2.33. The number of benzene rings is 1. The minimum absolute atomic E-state index is 0.186. The zero-order chi connectivity index (χ0) is 13.3. The van der Waals surface area contributed by atoms with Gasteiger partial charge in [0.05, 0.1) is 5.92 Å². The van der Waals surface area contributed by atoms with Crippen LogP contribution in [0.3, 0.4) is 0 Å². The van der Waals surface area contributed by atoms with E-state index in [1.54, 1.807) is 0 Å². The van der Waals surface area contributed by atoms with Gasteiger partial charge in [-0.05, 0) is 61.6 Å². The minimum atomic E-state index is -0.632. The number of aryl methyl sites for hydroxylation is 1. The highest BCUT2D eigenvalue weighted by atomic mass is 16.4. The van der Waals surface area contributed by atoms with Gasteiger partial charge in [0.1, 0.15) is 0 Å². The Kier molecular flexibility index (Phi) is 3.74. The van der Waals surface area contributed by atoms with Crippen molar-refractivity contribution in [1.82, 2.24) is 0 Å². The molecule has 0 radical (unpaired) electrons. The number of hydrogen-bond acceptors (Lipinski definition) is 1. The van der Waals surface area contributed by atoms with Crippen LogP contribution >= 0.6 is 0 Å². The van der Waals surface area contributed by atoms with Gasteiger partial charge in [-0.2, -0.15) is 0 Å². The van der Waals surface area contributed by atoms with E-state index in [1.807, 2.05) is 0 Å². The summed E-state index contributed by atoms with van der Waals surface area (Å²) in [5.41, 5.74) is 3.77. The lowest BCUT2D eigenvalue weighted by atomic mass is 9.70. The Morgan fingerprint density at radius 1 is 1.28 bits per heavy atom. The quantitative estimate of drug-likeness (QED) is 0.859. The lowest BCUT2D eigenvalue weighted by molar-refractivity contribution is -0.143. The maximum absolute atomic E-state index is 11.4. The molecule has 1 aromatic carbocycles. The summed E-state index contributed by atoms with van der Waals surface area (Å²) >= 11 is 0. The van der Waals surface area contributed by atoms with Crippen LogP contribution in [0.25, 0.3) is 0 Å². The maximum atomic E-state index is 11.4. The molecule has 3 unspecified atom stereocenters. The Labute approximate surface area is 109 Å². The van der Waals surface area contributed by atoms with E-state index in [0.29, 0.717) is 5.92 Å². The van der Waals surface area contributed by atoms with Gasteiger partial charge in [-0.15, -0.1) is 0 Å². The molecule has 0 heterocycles. The van der Waals surface area contributed by atoms with Crippen molar-refractivity contribution < 1.29 is 9.90 Å². The molecule has 1 aliphatic rings. The fraction of sp³-hybridized carbons (Fsp3) is 0.562. The summed E-state index contributed by atoms with van der Waals surface area (Å²) in [5, 5.41) is 9.42. The standard InChI is InChI=1S/C16H22O2/c1-10-7-8-14(16(17)18)15(9-10)13-6-4-5-11(2)12(13)3/h4-6,10,14-15H,7-9H2,1-3H3,(H,17,18). The van der Waals surface area contributed by atoms with Crippen molar-refractivity contribution in [3.05, 3.63) is 34.9 Å². The van der Waals surface area contributed by atoms with E-state index in [2.05, 4.69) is 39.0 Å². The molecule has 18 heavy (non-hydrogen) atoms. The highest BCUT2D eigenvalue weighted by molar-refractivity contribution is 5.71. The van der Waals surface area contributed by atoms with E-state index in [4.69, 9.17) is 0 Å². The normalized spacial score (nSPS) is 28.1. The van der Waals surface area contributed by atoms with Crippen LogP contribution in [0, 0.1) is 25.7 Å². The van der Waals surface area contributed by atoms with Crippen molar-refractivity contribution in [3.8, 4) is 0 Å². The molecule has 1 N–H and O–H groups in total. The van der Waals surface area contributed by atoms with Crippen LogP contribution in [-0.2, 0) is 4.79 Å². The number of hydrogen-bond donors (Lipinski definition) is 1. The maximum Gasteiger partial charge on any atom is 0.307 e. The Morgan fingerprint density at radius 3 is 2.67 bits per heavy atom. The third kappa shape index (κ3) is 2.43. The molecular formula is C16H22O2. The van der Waals surface area contributed by atoms with E-state index < -0.39 is 5.97 Å². The number of carboxylic acid groups (broad SMARTS) is 1. The third-order valence-electron chi connectivity index (χ3n) is 4.48. The number of carboxylic acids is 1. The van der Waals surface area contributed by atoms with Gasteiger partial charge in [-0.25, -0.2) is 0 Å². The molecule has 2 heteroatoms. The van der Waals surface area contributed by atoms with Gasteiger partial charge in [0.25, 0.3) is 0 Å². The van der Waals surface area contributed by atoms with Crippen LogP contribution in [0.1, 0.15) is 48.8 Å². The number of carbonyl (C=O) groups is 1. The molecule has 0 amide bonds. The lowest BCUT2D eigenvalue weighted by Crippen LogP contribution is -2.29. The molecule has 1 saturated carbocycles. The topological polar surface area (TPSA) is 37.3 Å². The zero-order valence-corrected chi connectivity index (χ0v) is 11.4. The zero-order valence-electron chi connectivity index (χ0n) is 11.4. The van der Waals surface area contributed by atoms with Crippen LogP contribution < -0.4 is 0 Å². The Morgan fingerprint density at radius 2 is 2.00 bits per heavy atom. The van der Waals surface area contributed by atoms with Crippen molar-refractivity contribution in [3.63, 3.8) is 0 Å². The average molecular weight is 246 g/mol. The molecule has 0 spiro atoms. The molecule has 0 saturated heterocycles. The van der Waals surface area contributed by atoms with Crippen LogP contribution in [0.5, 0.6) is 0 Å². The number of aliphatic carboxylic acids is 1. The van der Waals surface area contributed by atoms with E-state index >= 15 is 0 Å². The SMILES string of the molecule is Cc1cccc(C2CC(C)CCC2C(=O)O)c1C. The van der Waals surface area contributed by atoms with Crippen LogP contribution in [0.2, 0.25) is 0 Å². The van der Waals surface area contributed by atoms with Gasteiger partial charge in [0.2, 0.25) is 0 Å².